The third-order valence-electron chi connectivity index (χ3n) is 12.7. The molecule has 308 valence electrons. The quantitative estimate of drug-likeness (QED) is 0.156. The van der Waals surface area contributed by atoms with Crippen molar-refractivity contribution in [1.29, 1.82) is 0 Å². The standard InChI is InChI=1S/C60H36S3.C2H6/c1-3-19-55-49(17-1)51-33-45(21-25-57(51)61-55)43-15-7-13-41(31-43)39-11-5-9-37(29-39)38-10-6-12-40(30-38)42-14-8-16-44(32-42)46-22-27-59-53(35-46)54-36-48(24-28-60(54)63-59)47-23-26-58-52(34-47)50-18-2-4-20-56(50)62-58;1-2/h1-36H;1-2H3. The number of hydrogen-bond acceptors (Lipinski definition) is 3. The van der Waals surface area contributed by atoms with Crippen LogP contribution in [-0.4, -0.2) is 0 Å². The van der Waals surface area contributed by atoms with Crippen LogP contribution in [-0.2, 0) is 0 Å². The van der Waals surface area contributed by atoms with Crippen molar-refractivity contribution in [3.63, 3.8) is 0 Å². The summed E-state index contributed by atoms with van der Waals surface area (Å²) in [5.41, 5.74) is 14.7. The van der Waals surface area contributed by atoms with Crippen LogP contribution in [0.4, 0.5) is 0 Å². The Morgan fingerprint density at radius 1 is 0.185 bits per heavy atom. The average Bonchev–Trinajstić information content (AvgIpc) is 4.07. The highest BCUT2D eigenvalue weighted by Crippen LogP contribution is 2.42. The molecule has 0 spiro atoms. The van der Waals surface area contributed by atoms with Crippen molar-refractivity contribution in [2.24, 2.45) is 0 Å². The van der Waals surface area contributed by atoms with E-state index >= 15 is 0 Å². The first-order valence-corrected chi connectivity index (χ1v) is 24.8. The van der Waals surface area contributed by atoms with Gasteiger partial charge in [-0.1, -0.05) is 147 Å². The fourth-order valence-electron chi connectivity index (χ4n) is 9.46. The number of hydrogen-bond donors (Lipinski definition) is 0. The molecule has 0 saturated heterocycles. The van der Waals surface area contributed by atoms with Gasteiger partial charge >= 0.3 is 0 Å². The van der Waals surface area contributed by atoms with E-state index in [1.54, 1.807) is 0 Å². The van der Waals surface area contributed by atoms with Gasteiger partial charge in [-0.25, -0.2) is 0 Å². The summed E-state index contributed by atoms with van der Waals surface area (Å²) in [7, 11) is 0. The van der Waals surface area contributed by atoms with Gasteiger partial charge in [-0.05, 0) is 152 Å². The molecule has 0 atom stereocenters. The largest absolute Gasteiger partial charge is 0.135 e. The Morgan fingerprint density at radius 3 is 0.677 bits per heavy atom. The molecule has 0 aliphatic carbocycles. The van der Waals surface area contributed by atoms with Gasteiger partial charge in [-0.3, -0.25) is 0 Å². The van der Waals surface area contributed by atoms with Crippen LogP contribution in [0.5, 0.6) is 0 Å². The topological polar surface area (TPSA) is 0 Å². The van der Waals surface area contributed by atoms with E-state index in [9.17, 15) is 0 Å². The van der Waals surface area contributed by atoms with Crippen LogP contribution >= 0.6 is 34.0 Å². The van der Waals surface area contributed by atoms with Gasteiger partial charge in [0.15, 0.2) is 0 Å². The maximum Gasteiger partial charge on any atom is 0.0355 e. The highest BCUT2D eigenvalue weighted by molar-refractivity contribution is 7.26. The molecule has 0 saturated carbocycles. The molecule has 3 heterocycles. The van der Waals surface area contributed by atoms with Crippen LogP contribution in [0.1, 0.15) is 13.8 Å². The van der Waals surface area contributed by atoms with Crippen molar-refractivity contribution in [2.75, 3.05) is 0 Å². The van der Waals surface area contributed by atoms with Gasteiger partial charge in [0.25, 0.3) is 0 Å². The van der Waals surface area contributed by atoms with E-state index in [-0.39, 0.29) is 0 Å². The molecule has 0 fully saturated rings. The zero-order valence-corrected chi connectivity index (χ0v) is 38.5. The Labute approximate surface area is 391 Å². The zero-order chi connectivity index (χ0) is 43.4. The second-order valence-corrected chi connectivity index (χ2v) is 19.7. The van der Waals surface area contributed by atoms with E-state index in [0.29, 0.717) is 0 Å². The SMILES string of the molecule is CC.c1cc(-c2cccc(-c3cccc(-c4ccc5sc6ccc(-c7ccc8sc9ccccc9c8c7)cc6c5c4)c3)c2)cc(-c2cccc(-c3ccc4sc5ccccc5c4c3)c2)c1. The maximum absolute atomic E-state index is 2.40. The van der Waals surface area contributed by atoms with E-state index < -0.39 is 0 Å². The Balaban J connectivity index is 0.00000219. The Kier molecular flexibility index (Phi) is 9.98. The average molecular weight is 883 g/mol. The Bertz CT molecular complexity index is 3930. The van der Waals surface area contributed by atoms with E-state index in [1.807, 2.05) is 47.9 Å². The lowest BCUT2D eigenvalue weighted by molar-refractivity contribution is 1.50. The van der Waals surface area contributed by atoms with Crippen LogP contribution in [0.3, 0.4) is 0 Å². The van der Waals surface area contributed by atoms with Gasteiger partial charge in [0.05, 0.1) is 0 Å². The Hall–Kier alpha value is -7.14. The number of benzene rings is 10. The predicted molar refractivity (Wildman–Crippen MR) is 289 cm³/mol. The highest BCUT2D eigenvalue weighted by atomic mass is 32.1. The van der Waals surface area contributed by atoms with Crippen LogP contribution in [0, 0.1) is 0 Å². The maximum atomic E-state index is 2.40. The van der Waals surface area contributed by atoms with Gasteiger partial charge in [-0.15, -0.1) is 34.0 Å². The van der Waals surface area contributed by atoms with Crippen molar-refractivity contribution in [3.05, 3.63) is 218 Å². The minimum atomic E-state index is 1.21. The minimum Gasteiger partial charge on any atom is -0.135 e. The molecule has 0 N–H and O–H groups in total. The van der Waals surface area contributed by atoms with E-state index in [1.165, 1.54) is 127 Å². The lowest BCUT2D eigenvalue weighted by atomic mass is 9.93. The summed E-state index contributed by atoms with van der Waals surface area (Å²) in [5, 5.41) is 7.96. The van der Waals surface area contributed by atoms with Crippen molar-refractivity contribution in [3.8, 4) is 66.8 Å². The predicted octanol–water partition coefficient (Wildman–Crippen LogP) is 19.8. The highest BCUT2D eigenvalue weighted by Gasteiger charge is 2.13. The molecule has 3 heteroatoms. The van der Waals surface area contributed by atoms with E-state index in [0.717, 1.165) is 0 Å². The summed E-state index contributed by atoms with van der Waals surface area (Å²) in [4.78, 5) is 0. The second-order valence-electron chi connectivity index (χ2n) is 16.5. The fraction of sp³-hybridized carbons (Fsp3) is 0.0323. The molecule has 3 aromatic heterocycles. The summed E-state index contributed by atoms with van der Waals surface area (Å²) < 4.78 is 7.98. The molecule has 0 aliphatic rings. The normalized spacial score (nSPS) is 11.5. The molecule has 0 aliphatic heterocycles. The van der Waals surface area contributed by atoms with Gasteiger partial charge < -0.3 is 0 Å². The van der Waals surface area contributed by atoms with E-state index in [4.69, 9.17) is 0 Å². The van der Waals surface area contributed by atoms with Crippen molar-refractivity contribution in [1.82, 2.24) is 0 Å². The zero-order valence-electron chi connectivity index (χ0n) is 36.0. The van der Waals surface area contributed by atoms with Crippen LogP contribution in [0.15, 0.2) is 218 Å². The van der Waals surface area contributed by atoms with Crippen molar-refractivity contribution < 1.29 is 0 Å². The molecule has 0 amide bonds. The molecular weight excluding hydrogens is 841 g/mol. The summed E-state index contributed by atoms with van der Waals surface area (Å²) in [5.74, 6) is 0. The first-order chi connectivity index (χ1) is 32.1. The minimum absolute atomic E-state index is 1.21. The molecular formula is C62H42S3. The molecule has 0 bridgehead atoms. The first kappa shape index (κ1) is 39.5. The lowest BCUT2D eigenvalue weighted by Crippen LogP contribution is -1.85. The van der Waals surface area contributed by atoms with Gasteiger partial charge in [0.1, 0.15) is 0 Å². The van der Waals surface area contributed by atoms with Crippen LogP contribution in [0.25, 0.3) is 127 Å². The van der Waals surface area contributed by atoms with Gasteiger partial charge in [0.2, 0.25) is 0 Å². The smallest absolute Gasteiger partial charge is 0.0355 e. The molecule has 13 rings (SSSR count). The van der Waals surface area contributed by atoms with Crippen LogP contribution in [0.2, 0.25) is 0 Å². The third-order valence-corrected chi connectivity index (χ3v) is 16.1. The summed E-state index contributed by atoms with van der Waals surface area (Å²) in [6.45, 7) is 4.00. The Morgan fingerprint density at radius 2 is 0.400 bits per heavy atom. The first-order valence-electron chi connectivity index (χ1n) is 22.4. The monoisotopic (exact) mass is 882 g/mol. The third kappa shape index (κ3) is 7.14. The molecule has 0 nitrogen and oxygen atoms in total. The molecule has 0 radical (unpaired) electrons. The number of rotatable bonds is 6. The summed E-state index contributed by atoms with van der Waals surface area (Å²) >= 11 is 5.61. The van der Waals surface area contributed by atoms with Crippen molar-refractivity contribution >= 4 is 94.5 Å². The molecule has 13 aromatic rings. The fourth-order valence-corrected chi connectivity index (χ4v) is 12.7. The molecule has 0 unspecified atom stereocenters. The van der Waals surface area contributed by atoms with Gasteiger partial charge in [-0.2, -0.15) is 0 Å². The van der Waals surface area contributed by atoms with Crippen molar-refractivity contribution in [2.45, 2.75) is 13.8 Å². The van der Waals surface area contributed by atoms with Gasteiger partial charge in [0, 0.05) is 60.5 Å². The summed E-state index contributed by atoms with van der Waals surface area (Å²) in [6, 6.07) is 81.2. The molecule has 65 heavy (non-hydrogen) atoms. The van der Waals surface area contributed by atoms with Crippen LogP contribution < -0.4 is 0 Å². The number of fused-ring (bicyclic) bond motifs is 9. The second kappa shape index (κ2) is 16.4. The summed E-state index contributed by atoms with van der Waals surface area (Å²) in [6.07, 6.45) is 0. The number of thiophene rings is 3. The lowest BCUT2D eigenvalue weighted by Gasteiger charge is -2.11. The van der Waals surface area contributed by atoms with E-state index in [2.05, 4.69) is 218 Å². The molecule has 10 aromatic carbocycles.